The molecule has 0 bridgehead atoms. The smallest absolute Gasteiger partial charge is 0.251 e. The molecule has 3 aromatic rings. The van der Waals surface area contributed by atoms with Gasteiger partial charge >= 0.3 is 0 Å². The van der Waals surface area contributed by atoms with E-state index in [1.165, 1.54) is 11.8 Å². The molecule has 0 aliphatic rings. The van der Waals surface area contributed by atoms with Crippen LogP contribution in [0.15, 0.2) is 46.0 Å². The maximum Gasteiger partial charge on any atom is 0.251 e. The standard InChI is InChI=1S/C24H28BrN5O2S/c1-6-30-22(17(5)26-23(32)18-9-7-14(2)8-10-18)28-29-24(30)33-13-21(31)27-20-12-11-19(25)15(3)16(20)4/h7-12,17H,6,13H2,1-5H3,(H,26,32)(H,27,31)/t17-/m1/s1. The molecular formula is C24H28BrN5O2S. The van der Waals surface area contributed by atoms with Gasteiger partial charge in [-0.25, -0.2) is 0 Å². The van der Waals surface area contributed by atoms with Crippen molar-refractivity contribution in [1.29, 1.82) is 0 Å². The fourth-order valence-corrected chi connectivity index (χ4v) is 4.55. The molecule has 0 spiro atoms. The monoisotopic (exact) mass is 529 g/mol. The number of hydrogen-bond donors (Lipinski definition) is 2. The SMILES string of the molecule is CCn1c(SCC(=O)Nc2ccc(Br)c(C)c2C)nnc1[C@@H](C)NC(=O)c1ccc(C)cc1. The molecule has 2 N–H and O–H groups in total. The Morgan fingerprint density at radius 1 is 1.06 bits per heavy atom. The zero-order valence-electron chi connectivity index (χ0n) is 19.4. The highest BCUT2D eigenvalue weighted by molar-refractivity contribution is 9.10. The van der Waals surface area contributed by atoms with Crippen molar-refractivity contribution in [2.45, 2.75) is 52.4 Å². The van der Waals surface area contributed by atoms with Crippen molar-refractivity contribution < 1.29 is 9.59 Å². The Morgan fingerprint density at radius 2 is 1.76 bits per heavy atom. The van der Waals surface area contributed by atoms with Crippen LogP contribution in [-0.2, 0) is 11.3 Å². The Hall–Kier alpha value is -2.65. The van der Waals surface area contributed by atoms with Gasteiger partial charge in [-0.3, -0.25) is 9.59 Å². The van der Waals surface area contributed by atoms with Crippen LogP contribution in [0.1, 0.15) is 52.8 Å². The van der Waals surface area contributed by atoms with Gasteiger partial charge in [0, 0.05) is 22.3 Å². The van der Waals surface area contributed by atoms with Crippen molar-refractivity contribution in [3.63, 3.8) is 0 Å². The van der Waals surface area contributed by atoms with Crippen LogP contribution in [0.4, 0.5) is 5.69 Å². The minimum Gasteiger partial charge on any atom is -0.342 e. The third-order valence-corrected chi connectivity index (χ3v) is 7.26. The van der Waals surface area contributed by atoms with Crippen molar-refractivity contribution in [3.8, 4) is 0 Å². The van der Waals surface area contributed by atoms with Crippen LogP contribution in [0, 0.1) is 20.8 Å². The van der Waals surface area contributed by atoms with E-state index in [0.717, 1.165) is 26.9 Å². The second-order valence-electron chi connectivity index (χ2n) is 7.83. The van der Waals surface area contributed by atoms with E-state index < -0.39 is 0 Å². The summed E-state index contributed by atoms with van der Waals surface area (Å²) in [6.07, 6.45) is 0. The summed E-state index contributed by atoms with van der Waals surface area (Å²) < 4.78 is 2.94. The summed E-state index contributed by atoms with van der Waals surface area (Å²) >= 11 is 4.83. The predicted molar refractivity (Wildman–Crippen MR) is 136 cm³/mol. The lowest BCUT2D eigenvalue weighted by Crippen LogP contribution is -2.28. The molecule has 2 amide bonds. The first-order valence-corrected chi connectivity index (χ1v) is 12.5. The van der Waals surface area contributed by atoms with Gasteiger partial charge in [-0.1, -0.05) is 45.4 Å². The highest BCUT2D eigenvalue weighted by atomic mass is 79.9. The lowest BCUT2D eigenvalue weighted by molar-refractivity contribution is -0.113. The number of aromatic nitrogens is 3. The number of hydrogen-bond acceptors (Lipinski definition) is 5. The van der Waals surface area contributed by atoms with Crippen LogP contribution in [-0.4, -0.2) is 32.3 Å². The molecule has 9 heteroatoms. The van der Waals surface area contributed by atoms with Crippen LogP contribution < -0.4 is 10.6 Å². The fraction of sp³-hybridized carbons (Fsp3) is 0.333. The Labute approximate surface area is 206 Å². The topological polar surface area (TPSA) is 88.9 Å². The van der Waals surface area contributed by atoms with E-state index in [1.807, 2.05) is 63.5 Å². The maximum absolute atomic E-state index is 12.6. The number of nitrogens with zero attached hydrogens (tertiary/aromatic N) is 3. The van der Waals surface area contributed by atoms with Gasteiger partial charge < -0.3 is 15.2 Å². The van der Waals surface area contributed by atoms with Crippen molar-refractivity contribution >= 4 is 45.2 Å². The lowest BCUT2D eigenvalue weighted by atomic mass is 10.1. The number of aryl methyl sites for hydroxylation is 1. The van der Waals surface area contributed by atoms with Gasteiger partial charge in [0.1, 0.15) is 0 Å². The van der Waals surface area contributed by atoms with E-state index in [9.17, 15) is 9.59 Å². The molecule has 0 saturated heterocycles. The minimum absolute atomic E-state index is 0.113. The molecule has 0 aliphatic carbocycles. The van der Waals surface area contributed by atoms with E-state index in [-0.39, 0.29) is 23.6 Å². The molecular weight excluding hydrogens is 502 g/mol. The molecule has 0 saturated carbocycles. The van der Waals surface area contributed by atoms with Crippen molar-refractivity contribution in [1.82, 2.24) is 20.1 Å². The minimum atomic E-state index is -0.331. The van der Waals surface area contributed by atoms with E-state index in [4.69, 9.17) is 0 Å². The first-order chi connectivity index (χ1) is 15.7. The third-order valence-electron chi connectivity index (χ3n) is 5.44. The van der Waals surface area contributed by atoms with Gasteiger partial charge in [-0.15, -0.1) is 10.2 Å². The normalized spacial score (nSPS) is 11.8. The number of thioether (sulfide) groups is 1. The highest BCUT2D eigenvalue weighted by Crippen LogP contribution is 2.26. The summed E-state index contributed by atoms with van der Waals surface area (Å²) in [7, 11) is 0. The number of nitrogens with one attached hydrogen (secondary N) is 2. The Balaban J connectivity index is 1.64. The van der Waals surface area contributed by atoms with E-state index >= 15 is 0 Å². The fourth-order valence-electron chi connectivity index (χ4n) is 3.31. The molecule has 1 atom stereocenters. The number of halogens is 1. The van der Waals surface area contributed by atoms with Crippen LogP contribution in [0.5, 0.6) is 0 Å². The van der Waals surface area contributed by atoms with Gasteiger partial charge in [0.2, 0.25) is 5.91 Å². The number of benzene rings is 2. The molecule has 0 aliphatic heterocycles. The number of anilines is 1. The molecule has 3 rings (SSSR count). The summed E-state index contributed by atoms with van der Waals surface area (Å²) in [5, 5.41) is 15.1. The molecule has 0 unspecified atom stereocenters. The van der Waals surface area contributed by atoms with E-state index in [2.05, 4.69) is 36.8 Å². The molecule has 33 heavy (non-hydrogen) atoms. The van der Waals surface area contributed by atoms with Gasteiger partial charge in [0.15, 0.2) is 11.0 Å². The summed E-state index contributed by atoms with van der Waals surface area (Å²) in [5.74, 6) is 0.580. The molecule has 1 heterocycles. The van der Waals surface area contributed by atoms with Gasteiger partial charge in [0.05, 0.1) is 11.8 Å². The summed E-state index contributed by atoms with van der Waals surface area (Å²) in [6, 6.07) is 10.9. The predicted octanol–water partition coefficient (Wildman–Crippen LogP) is 5.21. The Bertz CT molecular complexity index is 1160. The molecule has 0 radical (unpaired) electrons. The van der Waals surface area contributed by atoms with Crippen molar-refractivity contribution in [3.05, 3.63) is 68.9 Å². The largest absolute Gasteiger partial charge is 0.342 e. The van der Waals surface area contributed by atoms with Crippen LogP contribution in [0.3, 0.4) is 0 Å². The van der Waals surface area contributed by atoms with Crippen LogP contribution >= 0.6 is 27.7 Å². The lowest BCUT2D eigenvalue weighted by Gasteiger charge is -2.15. The molecule has 2 aromatic carbocycles. The number of carbonyl (C=O) groups is 2. The zero-order chi connectivity index (χ0) is 24.1. The molecule has 0 fully saturated rings. The summed E-state index contributed by atoms with van der Waals surface area (Å²) in [5.41, 5.74) is 4.62. The second-order valence-corrected chi connectivity index (χ2v) is 9.62. The molecule has 7 nitrogen and oxygen atoms in total. The van der Waals surface area contributed by atoms with Gasteiger partial charge in [-0.05, 0) is 70.0 Å². The maximum atomic E-state index is 12.6. The quantitative estimate of drug-likeness (QED) is 0.391. The van der Waals surface area contributed by atoms with Crippen LogP contribution in [0.2, 0.25) is 0 Å². The van der Waals surface area contributed by atoms with Crippen LogP contribution in [0.25, 0.3) is 0 Å². The van der Waals surface area contributed by atoms with Gasteiger partial charge in [-0.2, -0.15) is 0 Å². The third kappa shape index (κ3) is 6.03. The number of carbonyl (C=O) groups excluding carboxylic acids is 2. The Morgan fingerprint density at radius 3 is 2.42 bits per heavy atom. The summed E-state index contributed by atoms with van der Waals surface area (Å²) in [6.45, 7) is 10.5. The van der Waals surface area contributed by atoms with E-state index in [0.29, 0.717) is 23.1 Å². The molecule has 174 valence electrons. The van der Waals surface area contributed by atoms with Crippen molar-refractivity contribution in [2.24, 2.45) is 0 Å². The molecule has 1 aromatic heterocycles. The summed E-state index contributed by atoms with van der Waals surface area (Å²) in [4.78, 5) is 25.1. The average molecular weight is 530 g/mol. The average Bonchev–Trinajstić information content (AvgIpc) is 3.21. The second kappa shape index (κ2) is 11.0. The first kappa shape index (κ1) is 25.0. The first-order valence-electron chi connectivity index (χ1n) is 10.7. The zero-order valence-corrected chi connectivity index (χ0v) is 21.8. The van der Waals surface area contributed by atoms with E-state index in [1.54, 1.807) is 12.1 Å². The highest BCUT2D eigenvalue weighted by Gasteiger charge is 2.20. The Kier molecular flexibility index (Phi) is 8.31. The van der Waals surface area contributed by atoms with Crippen molar-refractivity contribution in [2.75, 3.05) is 11.1 Å². The van der Waals surface area contributed by atoms with Gasteiger partial charge in [0.25, 0.3) is 5.91 Å². The number of rotatable bonds is 8. The number of amides is 2.